The molecular weight excluding hydrogens is 268 g/mol. The van der Waals surface area contributed by atoms with Crippen molar-refractivity contribution >= 4 is 33.3 Å². The summed E-state index contributed by atoms with van der Waals surface area (Å²) in [6, 6.07) is 2.76. The van der Waals surface area contributed by atoms with Crippen LogP contribution in [0.2, 0.25) is 0 Å². The minimum atomic E-state index is 0.627. The Balaban J connectivity index is 1.67. The average Bonchev–Trinajstić information content (AvgIpc) is 3.35. The largest absolute Gasteiger partial charge is 0.366 e. The van der Waals surface area contributed by atoms with Crippen LogP contribution in [0.5, 0.6) is 0 Å². The van der Waals surface area contributed by atoms with Crippen molar-refractivity contribution in [1.82, 2.24) is 9.97 Å². The molecule has 2 N–H and O–H groups in total. The van der Waals surface area contributed by atoms with Crippen LogP contribution in [0.4, 0.5) is 11.8 Å². The van der Waals surface area contributed by atoms with Crippen LogP contribution in [0.3, 0.4) is 0 Å². The van der Waals surface area contributed by atoms with Crippen molar-refractivity contribution < 1.29 is 0 Å². The van der Waals surface area contributed by atoms with Crippen LogP contribution in [0.25, 0.3) is 10.2 Å². The second kappa shape index (κ2) is 4.88. The fourth-order valence-electron chi connectivity index (χ4n) is 2.89. The number of nitrogens with zero attached hydrogens (tertiary/aromatic N) is 2. The number of thiophene rings is 1. The first-order valence-corrected chi connectivity index (χ1v) is 8.48. The van der Waals surface area contributed by atoms with E-state index in [1.807, 2.05) is 0 Å². The molecule has 2 aromatic rings. The third kappa shape index (κ3) is 2.35. The number of aromatic nitrogens is 2. The number of nitrogens with one attached hydrogen (secondary N) is 2. The molecule has 2 fully saturated rings. The van der Waals surface area contributed by atoms with Gasteiger partial charge in [-0.25, -0.2) is 4.98 Å². The van der Waals surface area contributed by atoms with E-state index in [9.17, 15) is 0 Å². The standard InChI is InChI=1S/C15H20N4S/c1-2-16-15-18-13(11-7-8-20-14(11)19-15)17-12(9-3-4-9)10-5-6-10/h7-10,12H,2-6H2,1H3,(H2,16,17,18,19). The number of hydrogen-bond acceptors (Lipinski definition) is 5. The summed E-state index contributed by atoms with van der Waals surface area (Å²) in [5.41, 5.74) is 0. The topological polar surface area (TPSA) is 49.8 Å². The van der Waals surface area contributed by atoms with Gasteiger partial charge in [-0.15, -0.1) is 11.3 Å². The minimum absolute atomic E-state index is 0.627. The molecule has 0 bridgehead atoms. The normalized spacial score (nSPS) is 18.7. The van der Waals surface area contributed by atoms with Crippen LogP contribution in [-0.2, 0) is 0 Å². The molecule has 2 saturated carbocycles. The molecule has 2 heterocycles. The van der Waals surface area contributed by atoms with E-state index in [0.29, 0.717) is 6.04 Å². The summed E-state index contributed by atoms with van der Waals surface area (Å²) in [5.74, 6) is 3.51. The molecule has 0 saturated heterocycles. The van der Waals surface area contributed by atoms with E-state index in [4.69, 9.17) is 4.98 Å². The zero-order valence-corrected chi connectivity index (χ0v) is 12.5. The van der Waals surface area contributed by atoms with Gasteiger partial charge < -0.3 is 10.6 Å². The molecule has 0 spiro atoms. The Hall–Kier alpha value is -1.36. The lowest BCUT2D eigenvalue weighted by atomic mass is 10.1. The van der Waals surface area contributed by atoms with E-state index in [1.165, 1.54) is 31.1 Å². The van der Waals surface area contributed by atoms with E-state index in [2.05, 4.69) is 34.0 Å². The molecule has 2 aliphatic rings. The fraction of sp³-hybridized carbons (Fsp3) is 0.600. The molecule has 106 valence electrons. The molecule has 20 heavy (non-hydrogen) atoms. The van der Waals surface area contributed by atoms with Gasteiger partial charge in [0.05, 0.1) is 5.39 Å². The lowest BCUT2D eigenvalue weighted by Gasteiger charge is -2.19. The Morgan fingerprint density at radius 1 is 1.25 bits per heavy atom. The van der Waals surface area contributed by atoms with Crippen LogP contribution in [0.15, 0.2) is 11.4 Å². The van der Waals surface area contributed by atoms with Gasteiger partial charge in [0.1, 0.15) is 10.6 Å². The van der Waals surface area contributed by atoms with Gasteiger partial charge >= 0.3 is 0 Å². The van der Waals surface area contributed by atoms with Crippen LogP contribution < -0.4 is 10.6 Å². The number of hydrogen-bond donors (Lipinski definition) is 2. The highest BCUT2D eigenvalue weighted by Gasteiger charge is 2.41. The molecule has 0 amide bonds. The fourth-order valence-corrected chi connectivity index (χ4v) is 3.66. The highest BCUT2D eigenvalue weighted by atomic mass is 32.1. The summed E-state index contributed by atoms with van der Waals surface area (Å²) in [6.07, 6.45) is 5.52. The Labute approximate surface area is 123 Å². The van der Waals surface area contributed by atoms with Gasteiger partial charge in [-0.3, -0.25) is 0 Å². The Kier molecular flexibility index (Phi) is 3.02. The monoisotopic (exact) mass is 288 g/mol. The zero-order chi connectivity index (χ0) is 13.5. The summed E-state index contributed by atoms with van der Waals surface area (Å²) >= 11 is 1.69. The van der Waals surface area contributed by atoms with Crippen molar-refractivity contribution in [3.05, 3.63) is 11.4 Å². The summed E-state index contributed by atoms with van der Waals surface area (Å²) in [4.78, 5) is 10.3. The van der Waals surface area contributed by atoms with Gasteiger partial charge in [-0.05, 0) is 55.9 Å². The van der Waals surface area contributed by atoms with E-state index < -0.39 is 0 Å². The van der Waals surface area contributed by atoms with E-state index in [1.54, 1.807) is 11.3 Å². The Morgan fingerprint density at radius 2 is 2.00 bits per heavy atom. The third-order valence-electron chi connectivity index (χ3n) is 4.22. The van der Waals surface area contributed by atoms with Crippen molar-refractivity contribution in [3.8, 4) is 0 Å². The molecule has 4 nitrogen and oxygen atoms in total. The lowest BCUT2D eigenvalue weighted by molar-refractivity contribution is 0.566. The smallest absolute Gasteiger partial charge is 0.226 e. The third-order valence-corrected chi connectivity index (χ3v) is 5.03. The first-order valence-electron chi connectivity index (χ1n) is 7.61. The molecule has 0 aliphatic heterocycles. The second-order valence-electron chi connectivity index (χ2n) is 5.91. The van der Waals surface area contributed by atoms with Gasteiger partial charge in [0.15, 0.2) is 0 Å². The Morgan fingerprint density at radius 3 is 2.65 bits per heavy atom. The predicted octanol–water partition coefficient (Wildman–Crippen LogP) is 3.72. The van der Waals surface area contributed by atoms with Gasteiger partial charge in [0, 0.05) is 12.6 Å². The quantitative estimate of drug-likeness (QED) is 0.850. The van der Waals surface area contributed by atoms with Crippen LogP contribution in [0.1, 0.15) is 32.6 Å². The summed E-state index contributed by atoms with van der Waals surface area (Å²) < 4.78 is 0. The van der Waals surface area contributed by atoms with Crippen LogP contribution in [0, 0.1) is 11.8 Å². The minimum Gasteiger partial charge on any atom is -0.366 e. The number of fused-ring (bicyclic) bond motifs is 1. The molecule has 5 heteroatoms. The Bertz CT molecular complexity index is 603. The highest BCUT2D eigenvalue weighted by molar-refractivity contribution is 7.16. The van der Waals surface area contributed by atoms with Crippen molar-refractivity contribution in [2.45, 2.75) is 38.6 Å². The first-order chi connectivity index (χ1) is 9.85. The SMILES string of the molecule is CCNc1nc(NC(C2CC2)C2CC2)c2ccsc2n1. The van der Waals surface area contributed by atoms with E-state index in [0.717, 1.165) is 35.0 Å². The maximum atomic E-state index is 4.70. The zero-order valence-electron chi connectivity index (χ0n) is 11.7. The molecule has 4 rings (SSSR count). The van der Waals surface area contributed by atoms with Crippen LogP contribution >= 0.6 is 11.3 Å². The molecule has 2 aromatic heterocycles. The molecule has 2 aliphatic carbocycles. The highest BCUT2D eigenvalue weighted by Crippen LogP contribution is 2.46. The second-order valence-corrected chi connectivity index (χ2v) is 6.81. The molecule has 0 radical (unpaired) electrons. The van der Waals surface area contributed by atoms with E-state index >= 15 is 0 Å². The molecule has 0 unspecified atom stereocenters. The maximum Gasteiger partial charge on any atom is 0.226 e. The van der Waals surface area contributed by atoms with Crippen molar-refractivity contribution in [1.29, 1.82) is 0 Å². The summed E-state index contributed by atoms with van der Waals surface area (Å²) in [5, 5.41) is 10.3. The van der Waals surface area contributed by atoms with Crippen molar-refractivity contribution in [2.75, 3.05) is 17.2 Å². The number of rotatable bonds is 6. The first kappa shape index (κ1) is 12.4. The van der Waals surface area contributed by atoms with Crippen molar-refractivity contribution in [2.24, 2.45) is 11.8 Å². The van der Waals surface area contributed by atoms with Gasteiger partial charge in [-0.1, -0.05) is 0 Å². The van der Waals surface area contributed by atoms with E-state index in [-0.39, 0.29) is 0 Å². The molecule has 0 aromatic carbocycles. The maximum absolute atomic E-state index is 4.70. The van der Waals surface area contributed by atoms with Gasteiger partial charge in [0.2, 0.25) is 5.95 Å². The lowest BCUT2D eigenvalue weighted by Crippen LogP contribution is -2.25. The van der Waals surface area contributed by atoms with Gasteiger partial charge in [-0.2, -0.15) is 4.98 Å². The number of anilines is 2. The molecule has 0 atom stereocenters. The summed E-state index contributed by atoms with van der Waals surface area (Å²) in [7, 11) is 0. The molecular formula is C15H20N4S. The van der Waals surface area contributed by atoms with Crippen LogP contribution in [-0.4, -0.2) is 22.6 Å². The van der Waals surface area contributed by atoms with Gasteiger partial charge in [0.25, 0.3) is 0 Å². The van der Waals surface area contributed by atoms with Crippen molar-refractivity contribution in [3.63, 3.8) is 0 Å². The summed E-state index contributed by atoms with van der Waals surface area (Å²) in [6.45, 7) is 2.93. The average molecular weight is 288 g/mol. The predicted molar refractivity (Wildman–Crippen MR) is 84.4 cm³/mol.